The third-order valence-electron chi connectivity index (χ3n) is 4.41. The Bertz CT molecular complexity index is 320. The van der Waals surface area contributed by atoms with Crippen molar-refractivity contribution in [2.75, 3.05) is 6.54 Å². The van der Waals surface area contributed by atoms with E-state index in [1.165, 1.54) is 24.8 Å². The molecule has 1 aromatic carbocycles. The molecular weight excluding hydrogens is 206 g/mol. The summed E-state index contributed by atoms with van der Waals surface area (Å²) >= 11 is 0. The van der Waals surface area contributed by atoms with Crippen molar-refractivity contribution in [3.8, 4) is 0 Å². The topological polar surface area (TPSA) is 12.0 Å². The second-order valence-corrected chi connectivity index (χ2v) is 5.40. The second kappa shape index (κ2) is 6.20. The lowest BCUT2D eigenvalue weighted by Gasteiger charge is -2.21. The van der Waals surface area contributed by atoms with Gasteiger partial charge in [-0.05, 0) is 43.2 Å². The molecule has 3 atom stereocenters. The lowest BCUT2D eigenvalue weighted by atomic mass is 9.93. The molecule has 3 unspecified atom stereocenters. The molecule has 0 spiro atoms. The monoisotopic (exact) mass is 231 g/mol. The van der Waals surface area contributed by atoms with Gasteiger partial charge in [0.15, 0.2) is 0 Å². The summed E-state index contributed by atoms with van der Waals surface area (Å²) < 4.78 is 0. The van der Waals surface area contributed by atoms with Crippen LogP contribution >= 0.6 is 0 Å². The molecule has 1 aromatic rings. The van der Waals surface area contributed by atoms with E-state index >= 15 is 0 Å². The molecular formula is C16H25N. The van der Waals surface area contributed by atoms with Crippen LogP contribution in [0.5, 0.6) is 0 Å². The average Bonchev–Trinajstić information content (AvgIpc) is 2.72. The van der Waals surface area contributed by atoms with Crippen molar-refractivity contribution in [2.24, 2.45) is 11.8 Å². The lowest BCUT2D eigenvalue weighted by Crippen LogP contribution is -2.34. The van der Waals surface area contributed by atoms with E-state index in [1.807, 2.05) is 0 Å². The van der Waals surface area contributed by atoms with E-state index in [0.717, 1.165) is 30.8 Å². The van der Waals surface area contributed by atoms with E-state index in [2.05, 4.69) is 49.5 Å². The van der Waals surface area contributed by atoms with Crippen LogP contribution in [0, 0.1) is 11.8 Å². The summed E-state index contributed by atoms with van der Waals surface area (Å²) in [6.45, 7) is 5.87. The van der Waals surface area contributed by atoms with Gasteiger partial charge in [0.25, 0.3) is 0 Å². The van der Waals surface area contributed by atoms with Gasteiger partial charge in [-0.25, -0.2) is 0 Å². The molecule has 1 N–H and O–H groups in total. The number of rotatable bonds is 5. The van der Waals surface area contributed by atoms with Crippen molar-refractivity contribution in [3.63, 3.8) is 0 Å². The Morgan fingerprint density at radius 2 is 1.94 bits per heavy atom. The molecule has 1 aliphatic rings. The standard InChI is InChI=1S/C16H25N/c1-3-15-9-10-16(13(15)2)17-12-11-14-7-5-4-6-8-14/h4-8,13,15-17H,3,9-12H2,1-2H3. The van der Waals surface area contributed by atoms with Crippen molar-refractivity contribution >= 4 is 0 Å². The molecule has 0 amide bonds. The smallest absolute Gasteiger partial charge is 0.00955 e. The molecule has 0 radical (unpaired) electrons. The molecule has 0 saturated heterocycles. The lowest BCUT2D eigenvalue weighted by molar-refractivity contribution is 0.346. The molecule has 1 saturated carbocycles. The fraction of sp³-hybridized carbons (Fsp3) is 0.625. The molecule has 1 nitrogen and oxygen atoms in total. The van der Waals surface area contributed by atoms with Gasteiger partial charge in [0.05, 0.1) is 0 Å². The van der Waals surface area contributed by atoms with Gasteiger partial charge in [0, 0.05) is 6.04 Å². The van der Waals surface area contributed by atoms with E-state index in [1.54, 1.807) is 0 Å². The van der Waals surface area contributed by atoms with Gasteiger partial charge in [-0.2, -0.15) is 0 Å². The van der Waals surface area contributed by atoms with Crippen LogP contribution in [0.4, 0.5) is 0 Å². The molecule has 1 heteroatoms. The molecule has 1 aliphatic carbocycles. The van der Waals surface area contributed by atoms with Gasteiger partial charge in [-0.1, -0.05) is 50.6 Å². The third-order valence-corrected chi connectivity index (χ3v) is 4.41. The molecule has 0 bridgehead atoms. The normalized spacial score (nSPS) is 28.5. The Morgan fingerprint density at radius 1 is 1.18 bits per heavy atom. The summed E-state index contributed by atoms with van der Waals surface area (Å²) in [6, 6.07) is 11.5. The fourth-order valence-corrected chi connectivity index (χ4v) is 3.16. The summed E-state index contributed by atoms with van der Waals surface area (Å²) in [5.74, 6) is 1.81. The van der Waals surface area contributed by atoms with E-state index in [-0.39, 0.29) is 0 Å². The van der Waals surface area contributed by atoms with Crippen LogP contribution in [0.15, 0.2) is 30.3 Å². The Hall–Kier alpha value is -0.820. The second-order valence-electron chi connectivity index (χ2n) is 5.40. The Morgan fingerprint density at radius 3 is 2.59 bits per heavy atom. The molecule has 17 heavy (non-hydrogen) atoms. The highest BCUT2D eigenvalue weighted by Gasteiger charge is 2.30. The number of nitrogens with one attached hydrogen (secondary N) is 1. The number of benzene rings is 1. The molecule has 94 valence electrons. The van der Waals surface area contributed by atoms with Gasteiger partial charge in [0.2, 0.25) is 0 Å². The third kappa shape index (κ3) is 3.32. The molecule has 2 rings (SSSR count). The first-order valence-corrected chi connectivity index (χ1v) is 7.08. The Labute approximate surface area is 106 Å². The SMILES string of the molecule is CCC1CCC(NCCc2ccccc2)C1C. The first kappa shape index (κ1) is 12.6. The van der Waals surface area contributed by atoms with Crippen LogP contribution in [0.1, 0.15) is 38.7 Å². The summed E-state index contributed by atoms with van der Waals surface area (Å²) in [4.78, 5) is 0. The van der Waals surface area contributed by atoms with Gasteiger partial charge < -0.3 is 5.32 Å². The van der Waals surface area contributed by atoms with Gasteiger partial charge in [-0.3, -0.25) is 0 Å². The highest BCUT2D eigenvalue weighted by Crippen LogP contribution is 2.33. The fourth-order valence-electron chi connectivity index (χ4n) is 3.16. The van der Waals surface area contributed by atoms with Gasteiger partial charge in [-0.15, -0.1) is 0 Å². The van der Waals surface area contributed by atoms with Crippen LogP contribution < -0.4 is 5.32 Å². The van der Waals surface area contributed by atoms with E-state index < -0.39 is 0 Å². The maximum atomic E-state index is 3.74. The van der Waals surface area contributed by atoms with Crippen LogP contribution in [0.3, 0.4) is 0 Å². The molecule has 0 heterocycles. The van der Waals surface area contributed by atoms with Gasteiger partial charge in [0.1, 0.15) is 0 Å². The largest absolute Gasteiger partial charge is 0.313 e. The van der Waals surface area contributed by atoms with Crippen molar-refractivity contribution in [1.29, 1.82) is 0 Å². The van der Waals surface area contributed by atoms with Crippen LogP contribution in [-0.4, -0.2) is 12.6 Å². The minimum atomic E-state index is 0.753. The zero-order valence-corrected chi connectivity index (χ0v) is 11.2. The summed E-state index contributed by atoms with van der Waals surface area (Å²) in [7, 11) is 0. The zero-order chi connectivity index (χ0) is 12.1. The minimum Gasteiger partial charge on any atom is -0.313 e. The Kier molecular flexibility index (Phi) is 4.61. The van der Waals surface area contributed by atoms with Crippen molar-refractivity contribution < 1.29 is 0 Å². The molecule has 1 fully saturated rings. The summed E-state index contributed by atoms with van der Waals surface area (Å²) in [5, 5.41) is 3.74. The quantitative estimate of drug-likeness (QED) is 0.815. The predicted molar refractivity (Wildman–Crippen MR) is 74.1 cm³/mol. The van der Waals surface area contributed by atoms with Crippen LogP contribution in [0.25, 0.3) is 0 Å². The van der Waals surface area contributed by atoms with E-state index in [0.29, 0.717) is 0 Å². The number of hydrogen-bond donors (Lipinski definition) is 1. The van der Waals surface area contributed by atoms with Crippen molar-refractivity contribution in [1.82, 2.24) is 5.32 Å². The molecule has 0 aromatic heterocycles. The highest BCUT2D eigenvalue weighted by molar-refractivity contribution is 5.14. The summed E-state index contributed by atoms with van der Waals surface area (Å²) in [5.41, 5.74) is 1.44. The molecule has 0 aliphatic heterocycles. The number of hydrogen-bond acceptors (Lipinski definition) is 1. The average molecular weight is 231 g/mol. The van der Waals surface area contributed by atoms with Crippen LogP contribution in [0.2, 0.25) is 0 Å². The minimum absolute atomic E-state index is 0.753. The van der Waals surface area contributed by atoms with E-state index in [4.69, 9.17) is 0 Å². The first-order chi connectivity index (χ1) is 8.31. The van der Waals surface area contributed by atoms with E-state index in [9.17, 15) is 0 Å². The Balaban J connectivity index is 1.73. The zero-order valence-electron chi connectivity index (χ0n) is 11.2. The highest BCUT2D eigenvalue weighted by atomic mass is 14.9. The van der Waals surface area contributed by atoms with Crippen LogP contribution in [-0.2, 0) is 6.42 Å². The first-order valence-electron chi connectivity index (χ1n) is 7.08. The summed E-state index contributed by atoms with van der Waals surface area (Å²) in [6.07, 6.45) is 5.29. The van der Waals surface area contributed by atoms with Crippen molar-refractivity contribution in [2.45, 2.75) is 45.6 Å². The predicted octanol–water partition coefficient (Wildman–Crippen LogP) is 3.64. The van der Waals surface area contributed by atoms with Gasteiger partial charge >= 0.3 is 0 Å². The maximum Gasteiger partial charge on any atom is 0.00955 e. The maximum absolute atomic E-state index is 3.74. The van der Waals surface area contributed by atoms with Crippen molar-refractivity contribution in [3.05, 3.63) is 35.9 Å².